The lowest BCUT2D eigenvalue weighted by Crippen LogP contribution is -2.33. The number of nitrogens with zero attached hydrogens (tertiary/aromatic N) is 3. The van der Waals surface area contributed by atoms with E-state index >= 15 is 0 Å². The van der Waals surface area contributed by atoms with E-state index in [0.29, 0.717) is 6.04 Å². The first kappa shape index (κ1) is 26.4. The Bertz CT molecular complexity index is 1370. The third kappa shape index (κ3) is 5.07. The minimum Gasteiger partial charge on any atom is -0.327 e. The second kappa shape index (κ2) is 11.7. The molecule has 4 heteroatoms. The monoisotopic (exact) mass is 509 g/mol. The number of aromatic nitrogens is 2. The minimum absolute atomic E-state index is 0.201. The van der Waals surface area contributed by atoms with Crippen LogP contribution in [0.4, 0.5) is 4.39 Å². The normalized spacial score (nSPS) is 16.2. The first-order valence-electron chi connectivity index (χ1n) is 14.3. The van der Waals surface area contributed by atoms with E-state index in [1.807, 2.05) is 13.0 Å². The van der Waals surface area contributed by atoms with E-state index in [-0.39, 0.29) is 5.82 Å². The van der Waals surface area contributed by atoms with Crippen LogP contribution in [0, 0.1) is 12.7 Å². The van der Waals surface area contributed by atoms with E-state index in [1.54, 1.807) is 12.1 Å². The number of hydrogen-bond donors (Lipinski definition) is 0. The Hall–Kier alpha value is -3.24. The number of piperidine rings is 1. The number of imidazole rings is 1. The van der Waals surface area contributed by atoms with Crippen LogP contribution in [-0.2, 0) is 25.9 Å². The van der Waals surface area contributed by atoms with Crippen molar-refractivity contribution in [1.82, 2.24) is 14.5 Å². The van der Waals surface area contributed by atoms with Crippen molar-refractivity contribution in [3.63, 3.8) is 0 Å². The van der Waals surface area contributed by atoms with Crippen LogP contribution in [0.5, 0.6) is 0 Å². The van der Waals surface area contributed by atoms with E-state index in [1.165, 1.54) is 47.2 Å². The average Bonchev–Trinajstić information content (AvgIpc) is 3.30. The standard InChI is InChI=1S/C34H40FN3/c1-5-25-16-13-17-26(6-2)32(25)34-36-33(29-20-19-28(35)22-24(29)4)31(38(34)7-3)23-37-21-12-11-18-30(37)27-14-9-8-10-15-27/h8-10,13-17,19-20,22,30H,5-7,11-12,18,21,23H2,1-4H3. The SMILES string of the molecule is CCc1cccc(CC)c1-c1nc(-c2ccc(F)cc2C)c(CN2CCCCC2c2ccccc2)n1CC. The van der Waals surface area contributed by atoms with Crippen molar-refractivity contribution in [3.8, 4) is 22.6 Å². The molecule has 38 heavy (non-hydrogen) atoms. The lowest BCUT2D eigenvalue weighted by atomic mass is 9.94. The molecule has 0 radical (unpaired) electrons. The summed E-state index contributed by atoms with van der Waals surface area (Å²) in [4.78, 5) is 8.05. The molecule has 5 rings (SSSR count). The molecular weight excluding hydrogens is 469 g/mol. The fraction of sp³-hybridized carbons (Fsp3) is 0.382. The van der Waals surface area contributed by atoms with Gasteiger partial charge in [0.25, 0.3) is 0 Å². The zero-order chi connectivity index (χ0) is 26.6. The van der Waals surface area contributed by atoms with Gasteiger partial charge in [0.2, 0.25) is 0 Å². The van der Waals surface area contributed by atoms with Gasteiger partial charge in [0, 0.05) is 30.3 Å². The zero-order valence-corrected chi connectivity index (χ0v) is 23.3. The van der Waals surface area contributed by atoms with Crippen LogP contribution < -0.4 is 0 Å². The predicted octanol–water partition coefficient (Wildman–Crippen LogP) is 8.54. The van der Waals surface area contributed by atoms with Crippen molar-refractivity contribution in [2.45, 2.75) is 78.9 Å². The number of aryl methyl sites for hydroxylation is 3. The van der Waals surface area contributed by atoms with Crippen molar-refractivity contribution in [1.29, 1.82) is 0 Å². The summed E-state index contributed by atoms with van der Waals surface area (Å²) >= 11 is 0. The van der Waals surface area contributed by atoms with E-state index in [4.69, 9.17) is 4.98 Å². The van der Waals surface area contributed by atoms with E-state index in [2.05, 4.69) is 78.8 Å². The molecule has 1 atom stereocenters. The van der Waals surface area contributed by atoms with Crippen molar-refractivity contribution >= 4 is 0 Å². The highest BCUT2D eigenvalue weighted by Gasteiger charge is 2.29. The fourth-order valence-corrected chi connectivity index (χ4v) is 6.24. The second-order valence-electron chi connectivity index (χ2n) is 10.5. The van der Waals surface area contributed by atoms with Crippen LogP contribution in [0.15, 0.2) is 66.7 Å². The molecule has 1 aromatic heterocycles. The molecule has 0 amide bonds. The summed E-state index contributed by atoms with van der Waals surface area (Å²) in [6.07, 6.45) is 5.55. The summed E-state index contributed by atoms with van der Waals surface area (Å²) in [7, 11) is 0. The van der Waals surface area contributed by atoms with Crippen molar-refractivity contribution in [2.24, 2.45) is 0 Å². The molecule has 4 aromatic rings. The van der Waals surface area contributed by atoms with Gasteiger partial charge in [-0.1, -0.05) is 68.8 Å². The summed E-state index contributed by atoms with van der Waals surface area (Å²) in [6.45, 7) is 11.4. The van der Waals surface area contributed by atoms with Gasteiger partial charge in [-0.3, -0.25) is 4.90 Å². The lowest BCUT2D eigenvalue weighted by molar-refractivity contribution is 0.137. The summed E-state index contributed by atoms with van der Waals surface area (Å²) < 4.78 is 16.6. The molecule has 0 saturated carbocycles. The van der Waals surface area contributed by atoms with E-state index in [9.17, 15) is 4.39 Å². The number of halogens is 1. The largest absolute Gasteiger partial charge is 0.327 e. The molecule has 198 valence electrons. The second-order valence-corrected chi connectivity index (χ2v) is 10.5. The summed E-state index contributed by atoms with van der Waals surface area (Å²) in [5.74, 6) is 0.844. The van der Waals surface area contributed by atoms with Gasteiger partial charge < -0.3 is 4.57 Å². The quantitative estimate of drug-likeness (QED) is 0.237. The maximum Gasteiger partial charge on any atom is 0.141 e. The molecule has 1 aliphatic heterocycles. The average molecular weight is 510 g/mol. The van der Waals surface area contributed by atoms with Crippen molar-refractivity contribution in [3.05, 3.63) is 100 Å². The first-order valence-corrected chi connectivity index (χ1v) is 14.3. The van der Waals surface area contributed by atoms with E-state index < -0.39 is 0 Å². The molecule has 1 saturated heterocycles. The Kier molecular flexibility index (Phi) is 8.09. The van der Waals surface area contributed by atoms with Crippen LogP contribution in [0.25, 0.3) is 22.6 Å². The molecule has 0 bridgehead atoms. The highest BCUT2D eigenvalue weighted by atomic mass is 19.1. The lowest BCUT2D eigenvalue weighted by Gasteiger charge is -2.36. The summed E-state index contributed by atoms with van der Waals surface area (Å²) in [6, 6.07) is 23.1. The first-order chi connectivity index (χ1) is 18.5. The van der Waals surface area contributed by atoms with Gasteiger partial charge in [-0.25, -0.2) is 9.37 Å². The van der Waals surface area contributed by atoms with Gasteiger partial charge in [0.05, 0.1) is 11.4 Å². The molecule has 3 aromatic carbocycles. The van der Waals surface area contributed by atoms with Crippen LogP contribution in [0.3, 0.4) is 0 Å². The third-order valence-electron chi connectivity index (χ3n) is 8.21. The maximum atomic E-state index is 14.2. The van der Waals surface area contributed by atoms with Crippen LogP contribution in [0.2, 0.25) is 0 Å². The fourth-order valence-electron chi connectivity index (χ4n) is 6.24. The van der Waals surface area contributed by atoms with E-state index in [0.717, 1.165) is 55.1 Å². The van der Waals surface area contributed by atoms with Crippen LogP contribution in [-0.4, -0.2) is 21.0 Å². The molecule has 0 N–H and O–H groups in total. The predicted molar refractivity (Wildman–Crippen MR) is 156 cm³/mol. The molecule has 0 aliphatic carbocycles. The molecule has 1 fully saturated rings. The van der Waals surface area contributed by atoms with Crippen molar-refractivity contribution < 1.29 is 4.39 Å². The maximum absolute atomic E-state index is 14.2. The Morgan fingerprint density at radius 2 is 1.63 bits per heavy atom. The molecule has 3 nitrogen and oxygen atoms in total. The van der Waals surface area contributed by atoms with Crippen LogP contribution in [0.1, 0.15) is 74.0 Å². The summed E-state index contributed by atoms with van der Waals surface area (Å²) in [5.41, 5.74) is 9.49. The molecule has 1 aliphatic rings. The van der Waals surface area contributed by atoms with Crippen LogP contribution >= 0.6 is 0 Å². The van der Waals surface area contributed by atoms with Gasteiger partial charge in [-0.05, 0) is 86.5 Å². The van der Waals surface area contributed by atoms with Crippen molar-refractivity contribution in [2.75, 3.05) is 6.54 Å². The Morgan fingerprint density at radius 3 is 2.29 bits per heavy atom. The number of benzene rings is 3. The number of likely N-dealkylation sites (tertiary alicyclic amines) is 1. The number of hydrogen-bond acceptors (Lipinski definition) is 2. The zero-order valence-electron chi connectivity index (χ0n) is 23.3. The number of rotatable bonds is 8. The molecule has 2 heterocycles. The minimum atomic E-state index is -0.201. The molecule has 1 unspecified atom stereocenters. The third-order valence-corrected chi connectivity index (χ3v) is 8.21. The highest BCUT2D eigenvalue weighted by Crippen LogP contribution is 2.38. The van der Waals surface area contributed by atoms with Gasteiger partial charge in [0.15, 0.2) is 0 Å². The summed E-state index contributed by atoms with van der Waals surface area (Å²) in [5, 5.41) is 0. The topological polar surface area (TPSA) is 21.1 Å². The van der Waals surface area contributed by atoms with Gasteiger partial charge in [0.1, 0.15) is 11.6 Å². The van der Waals surface area contributed by atoms with Gasteiger partial charge in [-0.15, -0.1) is 0 Å². The Balaban J connectivity index is 1.70. The Morgan fingerprint density at radius 1 is 0.895 bits per heavy atom. The highest BCUT2D eigenvalue weighted by molar-refractivity contribution is 5.73. The van der Waals surface area contributed by atoms with Gasteiger partial charge >= 0.3 is 0 Å². The van der Waals surface area contributed by atoms with Gasteiger partial charge in [-0.2, -0.15) is 0 Å². The molecule has 0 spiro atoms. The smallest absolute Gasteiger partial charge is 0.141 e. The Labute approximate surface area is 227 Å². The molecular formula is C34H40FN3.